The Bertz CT molecular complexity index is 657. The van der Waals surface area contributed by atoms with Crippen LogP contribution in [0, 0.1) is 0 Å². The summed E-state index contributed by atoms with van der Waals surface area (Å²) in [7, 11) is 0. The number of piperazine rings is 1. The number of hydrogen-bond acceptors (Lipinski definition) is 5. The highest BCUT2D eigenvalue weighted by molar-refractivity contribution is 5.83. The van der Waals surface area contributed by atoms with E-state index in [1.54, 1.807) is 0 Å². The summed E-state index contributed by atoms with van der Waals surface area (Å²) in [5, 5.41) is 0. The first-order valence-corrected chi connectivity index (χ1v) is 10.1. The van der Waals surface area contributed by atoms with E-state index in [0.717, 1.165) is 30.6 Å². The van der Waals surface area contributed by atoms with Gasteiger partial charge in [-0.3, -0.25) is 4.79 Å². The zero-order valence-electron chi connectivity index (χ0n) is 16.0. The molecule has 3 fully saturated rings. The summed E-state index contributed by atoms with van der Waals surface area (Å²) in [5.74, 6) is -1.82. The number of fused-ring (bicyclic) bond motifs is 3. The van der Waals surface area contributed by atoms with Crippen molar-refractivity contribution < 1.29 is 37.0 Å². The van der Waals surface area contributed by atoms with Gasteiger partial charge in [-0.15, -0.1) is 0 Å². The average Bonchev–Trinajstić information content (AvgIpc) is 3.14. The zero-order valence-corrected chi connectivity index (χ0v) is 16.0. The van der Waals surface area contributed by atoms with Gasteiger partial charge in [-0.05, 0) is 38.5 Å². The summed E-state index contributed by atoms with van der Waals surface area (Å²) in [5.41, 5.74) is 0. The Labute approximate surface area is 166 Å². The molecule has 0 radical (unpaired) electrons. The minimum absolute atomic E-state index is 0.0172. The molecule has 10 heteroatoms. The molecule has 2 unspecified atom stereocenters. The number of carbonyl (C=O) groups is 2. The minimum atomic E-state index is -4.90. The van der Waals surface area contributed by atoms with Gasteiger partial charge in [0.1, 0.15) is 6.61 Å². The van der Waals surface area contributed by atoms with Gasteiger partial charge in [0.2, 0.25) is 0 Å². The van der Waals surface area contributed by atoms with Gasteiger partial charge < -0.3 is 24.0 Å². The second kappa shape index (κ2) is 8.14. The molecule has 0 aromatic rings. The lowest BCUT2D eigenvalue weighted by atomic mass is 10.0. The molecular weight excluding hydrogens is 393 g/mol. The van der Waals surface area contributed by atoms with Crippen LogP contribution in [0.5, 0.6) is 0 Å². The van der Waals surface area contributed by atoms with Crippen molar-refractivity contribution in [2.75, 3.05) is 19.7 Å². The quantitative estimate of drug-likeness (QED) is 0.645. The minimum Gasteiger partial charge on any atom is -0.444 e. The third kappa shape index (κ3) is 4.37. The number of hydrogen-bond donors (Lipinski definition) is 0. The van der Waals surface area contributed by atoms with Crippen molar-refractivity contribution in [1.29, 1.82) is 0 Å². The molecule has 1 aliphatic carbocycles. The lowest BCUT2D eigenvalue weighted by Gasteiger charge is -2.40. The van der Waals surface area contributed by atoms with Gasteiger partial charge in [0.15, 0.2) is 6.29 Å². The van der Waals surface area contributed by atoms with Crippen LogP contribution in [0.4, 0.5) is 18.0 Å². The Morgan fingerprint density at radius 2 is 1.72 bits per heavy atom. The number of carbonyl (C=O) groups excluding carboxylic acids is 2. The van der Waals surface area contributed by atoms with Gasteiger partial charge >= 0.3 is 18.2 Å². The largest absolute Gasteiger partial charge is 0.471 e. The predicted octanol–water partition coefficient (Wildman–Crippen LogP) is 2.60. The number of rotatable bonds is 2. The zero-order chi connectivity index (χ0) is 20.6. The average molecular weight is 418 g/mol. The van der Waals surface area contributed by atoms with Crippen LogP contribution < -0.4 is 0 Å². The van der Waals surface area contributed by atoms with Crippen molar-refractivity contribution in [2.24, 2.45) is 0 Å². The van der Waals surface area contributed by atoms with Gasteiger partial charge in [-0.25, -0.2) is 4.79 Å². The molecule has 3 saturated heterocycles. The third-order valence-corrected chi connectivity index (χ3v) is 6.02. The van der Waals surface area contributed by atoms with Crippen LogP contribution in [0.25, 0.3) is 0 Å². The Morgan fingerprint density at radius 3 is 2.41 bits per heavy atom. The van der Waals surface area contributed by atoms with Crippen LogP contribution >= 0.6 is 0 Å². The highest BCUT2D eigenvalue weighted by Crippen LogP contribution is 2.34. The fourth-order valence-corrected chi connectivity index (χ4v) is 4.68. The summed E-state index contributed by atoms with van der Waals surface area (Å²) < 4.78 is 55.4. The smallest absolute Gasteiger partial charge is 0.444 e. The van der Waals surface area contributed by atoms with Crippen LogP contribution in [0.15, 0.2) is 12.2 Å². The molecule has 29 heavy (non-hydrogen) atoms. The number of likely N-dealkylation sites (tertiary alicyclic amines) is 1. The molecule has 2 amide bonds. The van der Waals surface area contributed by atoms with E-state index in [-0.39, 0.29) is 31.9 Å². The normalized spacial score (nSPS) is 35.6. The van der Waals surface area contributed by atoms with Gasteiger partial charge in [-0.2, -0.15) is 13.2 Å². The number of alkyl halides is 3. The standard InChI is InChI=1S/C19H25F3N2O5/c20-19(21,22)17(25)24-12-7-8-13(24)10-23(9-12)18(26)27-11-16-28-14-5-3-1-2-4-6-15(14)29-16/h1,3,12-16H,2,4-11H2/b3-1+/t12?,13?,14-,15+,16-/m0/s1. The van der Waals surface area contributed by atoms with Crippen molar-refractivity contribution in [3.63, 3.8) is 0 Å². The lowest BCUT2D eigenvalue weighted by Crippen LogP contribution is -2.59. The van der Waals surface area contributed by atoms with Gasteiger partial charge in [-0.1, -0.05) is 12.2 Å². The van der Waals surface area contributed by atoms with E-state index in [1.807, 2.05) is 0 Å². The number of allylic oxidation sites excluding steroid dienone is 1. The molecule has 3 heterocycles. The maximum Gasteiger partial charge on any atom is 0.471 e. The maximum absolute atomic E-state index is 12.8. The van der Waals surface area contributed by atoms with E-state index in [9.17, 15) is 22.8 Å². The number of halogens is 3. The molecule has 5 atom stereocenters. The molecule has 3 aliphatic heterocycles. The van der Waals surface area contributed by atoms with Crippen molar-refractivity contribution in [2.45, 2.75) is 75.3 Å². The predicted molar refractivity (Wildman–Crippen MR) is 93.8 cm³/mol. The van der Waals surface area contributed by atoms with Crippen molar-refractivity contribution in [3.8, 4) is 0 Å². The fourth-order valence-electron chi connectivity index (χ4n) is 4.68. The first kappa shape index (κ1) is 20.5. The van der Waals surface area contributed by atoms with Crippen LogP contribution in [-0.2, 0) is 19.0 Å². The summed E-state index contributed by atoms with van der Waals surface area (Å²) in [4.78, 5) is 26.3. The number of amides is 2. The molecule has 0 saturated carbocycles. The topological polar surface area (TPSA) is 68.3 Å². The Balaban J connectivity index is 1.27. The first-order chi connectivity index (χ1) is 13.8. The number of ether oxygens (including phenoxy) is 3. The Hall–Kier alpha value is -1.81. The summed E-state index contributed by atoms with van der Waals surface area (Å²) in [6.07, 6.45) is 2.55. The molecule has 0 aromatic carbocycles. The van der Waals surface area contributed by atoms with Crippen LogP contribution in [0.3, 0.4) is 0 Å². The fraction of sp³-hybridized carbons (Fsp3) is 0.789. The summed E-state index contributed by atoms with van der Waals surface area (Å²) >= 11 is 0. The molecule has 0 aromatic heterocycles. The Kier molecular flexibility index (Phi) is 5.74. The van der Waals surface area contributed by atoms with E-state index in [1.165, 1.54) is 4.90 Å². The molecule has 0 N–H and O–H groups in total. The lowest BCUT2D eigenvalue weighted by molar-refractivity contribution is -0.190. The van der Waals surface area contributed by atoms with Crippen molar-refractivity contribution in [3.05, 3.63) is 12.2 Å². The molecule has 2 bridgehead atoms. The molecule has 4 rings (SSSR count). The van der Waals surface area contributed by atoms with Gasteiger partial charge in [0.05, 0.1) is 24.3 Å². The molecule has 162 valence electrons. The van der Waals surface area contributed by atoms with E-state index < -0.39 is 36.6 Å². The van der Waals surface area contributed by atoms with E-state index in [2.05, 4.69) is 12.2 Å². The monoisotopic (exact) mass is 418 g/mol. The highest BCUT2D eigenvalue weighted by atomic mass is 19.4. The highest BCUT2D eigenvalue weighted by Gasteiger charge is 2.52. The molecule has 4 aliphatic rings. The molecular formula is C19H25F3N2O5. The second-order valence-corrected chi connectivity index (χ2v) is 7.99. The van der Waals surface area contributed by atoms with Gasteiger partial charge in [0, 0.05) is 13.1 Å². The second-order valence-electron chi connectivity index (χ2n) is 7.99. The van der Waals surface area contributed by atoms with Crippen LogP contribution in [-0.4, -0.2) is 78.3 Å². The van der Waals surface area contributed by atoms with E-state index in [4.69, 9.17) is 14.2 Å². The SMILES string of the molecule is O=C(OC[C@H]1O[C@H]2C/C=C/CCC[C@H]2O1)N1CC2CCC(C1)N2C(=O)C(F)(F)F. The summed E-state index contributed by atoms with van der Waals surface area (Å²) in [6, 6.07) is -1.26. The van der Waals surface area contributed by atoms with E-state index in [0.29, 0.717) is 12.8 Å². The van der Waals surface area contributed by atoms with Crippen LogP contribution in [0.1, 0.15) is 38.5 Å². The molecule has 0 spiro atoms. The first-order valence-electron chi connectivity index (χ1n) is 10.1. The molecule has 7 nitrogen and oxygen atoms in total. The maximum atomic E-state index is 12.8. The van der Waals surface area contributed by atoms with E-state index >= 15 is 0 Å². The van der Waals surface area contributed by atoms with Crippen molar-refractivity contribution >= 4 is 12.0 Å². The number of nitrogens with zero attached hydrogens (tertiary/aromatic N) is 2. The summed E-state index contributed by atoms with van der Waals surface area (Å²) in [6.45, 7) is 0.0196. The van der Waals surface area contributed by atoms with Crippen LogP contribution in [0.2, 0.25) is 0 Å². The van der Waals surface area contributed by atoms with Crippen molar-refractivity contribution in [1.82, 2.24) is 9.80 Å². The Morgan fingerprint density at radius 1 is 1.03 bits per heavy atom. The van der Waals surface area contributed by atoms with Gasteiger partial charge in [0.25, 0.3) is 0 Å². The third-order valence-electron chi connectivity index (χ3n) is 6.02.